The molecule has 0 bridgehead atoms. The molecule has 7 heteroatoms. The molecule has 0 saturated heterocycles. The Morgan fingerprint density at radius 2 is 1.80 bits per heavy atom. The lowest BCUT2D eigenvalue weighted by atomic mass is 10.3. The summed E-state index contributed by atoms with van der Waals surface area (Å²) in [5.41, 5.74) is 0.140. The average Bonchev–Trinajstić information content (AvgIpc) is 2.43. The maximum atomic E-state index is 13.2. The van der Waals surface area contributed by atoms with Crippen LogP contribution >= 0.6 is 15.9 Å². The zero-order valence-electron chi connectivity index (χ0n) is 10.4. The number of anilines is 1. The fraction of sp³-hybridized carbons (Fsp3) is 0.0769. The number of ether oxygens (including phenoxy) is 1. The number of sulfonamides is 1. The van der Waals surface area contributed by atoms with E-state index < -0.39 is 15.8 Å². The lowest BCUT2D eigenvalue weighted by molar-refractivity contribution is 0.414. The van der Waals surface area contributed by atoms with Crippen molar-refractivity contribution in [2.45, 2.75) is 4.90 Å². The van der Waals surface area contributed by atoms with Gasteiger partial charge >= 0.3 is 0 Å². The largest absolute Gasteiger partial charge is 0.497 e. The molecule has 0 aliphatic carbocycles. The molecule has 0 saturated carbocycles. The van der Waals surface area contributed by atoms with Crippen molar-refractivity contribution in [1.29, 1.82) is 0 Å². The van der Waals surface area contributed by atoms with Crippen LogP contribution in [0.5, 0.6) is 5.75 Å². The molecule has 0 radical (unpaired) electrons. The van der Waals surface area contributed by atoms with Gasteiger partial charge in [0.1, 0.15) is 11.6 Å². The van der Waals surface area contributed by atoms with Crippen LogP contribution in [0.1, 0.15) is 0 Å². The topological polar surface area (TPSA) is 55.4 Å². The molecule has 0 atom stereocenters. The molecular formula is C13H11BrFNO3S. The molecule has 0 aromatic heterocycles. The summed E-state index contributed by atoms with van der Waals surface area (Å²) in [5, 5.41) is 0. The van der Waals surface area contributed by atoms with Crippen molar-refractivity contribution in [2.75, 3.05) is 11.8 Å². The first-order valence-electron chi connectivity index (χ1n) is 5.54. The van der Waals surface area contributed by atoms with Gasteiger partial charge in [0.2, 0.25) is 0 Å². The molecular weight excluding hydrogens is 349 g/mol. The highest BCUT2D eigenvalue weighted by molar-refractivity contribution is 9.10. The maximum absolute atomic E-state index is 13.2. The summed E-state index contributed by atoms with van der Waals surface area (Å²) in [5.74, 6) is 0.0246. The highest BCUT2D eigenvalue weighted by Crippen LogP contribution is 2.26. The van der Waals surface area contributed by atoms with Crippen LogP contribution in [0.2, 0.25) is 0 Å². The van der Waals surface area contributed by atoms with Gasteiger partial charge in [0.25, 0.3) is 10.0 Å². The van der Waals surface area contributed by atoms with Gasteiger partial charge in [-0.25, -0.2) is 12.8 Å². The molecule has 0 amide bonds. The minimum absolute atomic E-state index is 0.0643. The quantitative estimate of drug-likeness (QED) is 0.909. The van der Waals surface area contributed by atoms with Gasteiger partial charge in [0.15, 0.2) is 0 Å². The fourth-order valence-corrected chi connectivity index (χ4v) is 3.08. The summed E-state index contributed by atoms with van der Waals surface area (Å²) < 4.78 is 45.2. The lowest BCUT2D eigenvalue weighted by Gasteiger charge is -2.10. The second-order valence-electron chi connectivity index (χ2n) is 3.91. The average molecular weight is 360 g/mol. The standard InChI is InChI=1S/C13H11BrFNO3S/c1-19-10-3-5-11(6-4-10)20(17,18)16-13-8-9(15)2-7-12(13)14/h2-8,16H,1H3. The van der Waals surface area contributed by atoms with E-state index in [1.54, 1.807) is 0 Å². The molecule has 0 aliphatic rings. The molecule has 20 heavy (non-hydrogen) atoms. The van der Waals surface area contributed by atoms with Crippen molar-refractivity contribution in [3.63, 3.8) is 0 Å². The van der Waals surface area contributed by atoms with Crippen LogP contribution < -0.4 is 9.46 Å². The molecule has 0 fully saturated rings. The zero-order valence-corrected chi connectivity index (χ0v) is 12.8. The third-order valence-corrected chi connectivity index (χ3v) is 4.62. The summed E-state index contributed by atoms with van der Waals surface area (Å²) in [6.45, 7) is 0. The Kier molecular flexibility index (Phi) is 4.29. The third kappa shape index (κ3) is 3.29. The summed E-state index contributed by atoms with van der Waals surface area (Å²) in [4.78, 5) is 0.0643. The first-order chi connectivity index (χ1) is 9.42. The Morgan fingerprint density at radius 3 is 2.40 bits per heavy atom. The van der Waals surface area contributed by atoms with Gasteiger partial charge in [0.05, 0.1) is 17.7 Å². The van der Waals surface area contributed by atoms with Crippen molar-refractivity contribution in [2.24, 2.45) is 0 Å². The van der Waals surface area contributed by atoms with E-state index in [9.17, 15) is 12.8 Å². The van der Waals surface area contributed by atoms with E-state index in [0.717, 1.165) is 6.07 Å². The van der Waals surface area contributed by atoms with Crippen molar-refractivity contribution in [3.05, 3.63) is 52.8 Å². The van der Waals surface area contributed by atoms with E-state index in [1.807, 2.05) is 0 Å². The second kappa shape index (κ2) is 5.80. The highest BCUT2D eigenvalue weighted by Gasteiger charge is 2.16. The van der Waals surface area contributed by atoms with E-state index in [4.69, 9.17) is 4.74 Å². The monoisotopic (exact) mass is 359 g/mol. The van der Waals surface area contributed by atoms with E-state index in [-0.39, 0.29) is 10.6 Å². The normalized spacial score (nSPS) is 11.2. The third-order valence-electron chi connectivity index (χ3n) is 2.54. The van der Waals surface area contributed by atoms with Gasteiger partial charge in [0, 0.05) is 4.47 Å². The lowest BCUT2D eigenvalue weighted by Crippen LogP contribution is -2.13. The first kappa shape index (κ1) is 14.8. The van der Waals surface area contributed by atoms with Crippen LogP contribution in [0.15, 0.2) is 51.8 Å². The molecule has 4 nitrogen and oxygen atoms in total. The smallest absolute Gasteiger partial charge is 0.261 e. The van der Waals surface area contributed by atoms with Crippen LogP contribution in [0.25, 0.3) is 0 Å². The van der Waals surface area contributed by atoms with Crippen LogP contribution in [-0.2, 0) is 10.0 Å². The van der Waals surface area contributed by atoms with Gasteiger partial charge < -0.3 is 4.74 Å². The number of benzene rings is 2. The SMILES string of the molecule is COc1ccc(S(=O)(=O)Nc2cc(F)ccc2Br)cc1. The minimum Gasteiger partial charge on any atom is -0.497 e. The van der Waals surface area contributed by atoms with Crippen LogP contribution in [0.4, 0.5) is 10.1 Å². The molecule has 106 valence electrons. The molecule has 1 N–H and O–H groups in total. The number of hydrogen-bond donors (Lipinski definition) is 1. The fourth-order valence-electron chi connectivity index (χ4n) is 1.53. The molecule has 0 unspecified atom stereocenters. The first-order valence-corrected chi connectivity index (χ1v) is 7.82. The van der Waals surface area contributed by atoms with E-state index in [2.05, 4.69) is 20.7 Å². The van der Waals surface area contributed by atoms with Crippen LogP contribution in [-0.4, -0.2) is 15.5 Å². The number of rotatable bonds is 4. The molecule has 2 rings (SSSR count). The second-order valence-corrected chi connectivity index (χ2v) is 6.44. The highest BCUT2D eigenvalue weighted by atomic mass is 79.9. The Hall–Kier alpha value is -1.60. The maximum Gasteiger partial charge on any atom is 0.261 e. The predicted molar refractivity (Wildman–Crippen MR) is 77.9 cm³/mol. The molecule has 0 aliphatic heterocycles. The van der Waals surface area contributed by atoms with Gasteiger partial charge in [-0.05, 0) is 58.4 Å². The molecule has 2 aromatic rings. The zero-order chi connectivity index (χ0) is 14.8. The Labute approximate surface area is 124 Å². The number of nitrogens with one attached hydrogen (secondary N) is 1. The minimum atomic E-state index is -3.78. The van der Waals surface area contributed by atoms with Crippen molar-refractivity contribution in [1.82, 2.24) is 0 Å². The van der Waals surface area contributed by atoms with E-state index in [1.165, 1.54) is 43.5 Å². The number of hydrogen-bond acceptors (Lipinski definition) is 3. The van der Waals surface area contributed by atoms with Gasteiger partial charge in [-0.3, -0.25) is 4.72 Å². The van der Waals surface area contributed by atoms with E-state index in [0.29, 0.717) is 10.2 Å². The number of methoxy groups -OCH3 is 1. The summed E-state index contributed by atoms with van der Waals surface area (Å²) in [6.07, 6.45) is 0. The van der Waals surface area contributed by atoms with Gasteiger partial charge in [-0.15, -0.1) is 0 Å². The Morgan fingerprint density at radius 1 is 1.15 bits per heavy atom. The Balaban J connectivity index is 2.32. The van der Waals surface area contributed by atoms with E-state index >= 15 is 0 Å². The van der Waals surface area contributed by atoms with Crippen molar-refractivity contribution < 1.29 is 17.5 Å². The predicted octanol–water partition coefficient (Wildman–Crippen LogP) is 3.40. The van der Waals surface area contributed by atoms with Gasteiger partial charge in [-0.1, -0.05) is 0 Å². The van der Waals surface area contributed by atoms with Crippen LogP contribution in [0.3, 0.4) is 0 Å². The Bertz CT molecular complexity index is 717. The van der Waals surface area contributed by atoms with Gasteiger partial charge in [-0.2, -0.15) is 0 Å². The van der Waals surface area contributed by atoms with Crippen molar-refractivity contribution >= 4 is 31.6 Å². The number of halogens is 2. The molecule has 0 spiro atoms. The van der Waals surface area contributed by atoms with Crippen molar-refractivity contribution in [3.8, 4) is 5.75 Å². The summed E-state index contributed by atoms with van der Waals surface area (Å²) >= 11 is 3.16. The summed E-state index contributed by atoms with van der Waals surface area (Å²) in [6, 6.07) is 9.66. The summed E-state index contributed by atoms with van der Waals surface area (Å²) in [7, 11) is -2.29. The molecule has 2 aromatic carbocycles. The van der Waals surface area contributed by atoms with Crippen LogP contribution in [0, 0.1) is 5.82 Å². The molecule has 0 heterocycles.